The van der Waals surface area contributed by atoms with Gasteiger partial charge in [0.2, 0.25) is 11.8 Å². The van der Waals surface area contributed by atoms with Crippen LogP contribution in [0.4, 0.5) is 0 Å². The first-order valence-electron chi connectivity index (χ1n) is 8.95. The summed E-state index contributed by atoms with van der Waals surface area (Å²) in [5.41, 5.74) is 1.92. The maximum atomic E-state index is 12.6. The summed E-state index contributed by atoms with van der Waals surface area (Å²) in [5.74, 6) is 0.897. The van der Waals surface area contributed by atoms with E-state index in [4.69, 9.17) is 4.52 Å². The molecule has 1 aliphatic rings. The molecule has 1 saturated heterocycles. The van der Waals surface area contributed by atoms with Crippen molar-refractivity contribution < 1.29 is 14.1 Å². The predicted molar refractivity (Wildman–Crippen MR) is 96.2 cm³/mol. The van der Waals surface area contributed by atoms with E-state index in [1.165, 1.54) is 0 Å². The number of hydrogen-bond acceptors (Lipinski definition) is 5. The smallest absolute Gasteiger partial charge is 0.258 e. The highest BCUT2D eigenvalue weighted by molar-refractivity contribution is 5.79. The molecule has 138 valence electrons. The Hall–Kier alpha value is -2.70. The van der Waals surface area contributed by atoms with Gasteiger partial charge in [-0.15, -0.1) is 0 Å². The maximum Gasteiger partial charge on any atom is 0.258 e. The minimum atomic E-state index is -0.0439. The van der Waals surface area contributed by atoms with Gasteiger partial charge in [0.1, 0.15) is 0 Å². The molecule has 1 aromatic carbocycles. The third-order valence-electron chi connectivity index (χ3n) is 4.76. The summed E-state index contributed by atoms with van der Waals surface area (Å²) in [7, 11) is 0. The summed E-state index contributed by atoms with van der Waals surface area (Å²) in [6.07, 6.45) is 0.590. The standard InChI is InChI=1S/C19H24N4O3/c1-4-17(24)23-10-9-22(12-14(23)3)18(25)11-16-20-19(26-21-16)15-8-6-5-7-13(15)2/h5-8,14H,4,9-12H2,1-3H3/t14-/m0/s1. The Labute approximate surface area is 153 Å². The number of aryl methyl sites for hydroxylation is 1. The van der Waals surface area contributed by atoms with Crippen LogP contribution in [-0.2, 0) is 16.0 Å². The highest BCUT2D eigenvalue weighted by Crippen LogP contribution is 2.21. The monoisotopic (exact) mass is 356 g/mol. The molecular formula is C19H24N4O3. The third-order valence-corrected chi connectivity index (χ3v) is 4.76. The number of aromatic nitrogens is 2. The van der Waals surface area contributed by atoms with Crippen molar-refractivity contribution in [2.24, 2.45) is 0 Å². The summed E-state index contributed by atoms with van der Waals surface area (Å²) in [6.45, 7) is 7.44. The molecule has 0 aliphatic carbocycles. The lowest BCUT2D eigenvalue weighted by atomic mass is 10.1. The van der Waals surface area contributed by atoms with Crippen LogP contribution < -0.4 is 0 Å². The number of carbonyl (C=O) groups is 2. The van der Waals surface area contributed by atoms with Gasteiger partial charge in [0.05, 0.1) is 6.42 Å². The number of nitrogens with zero attached hydrogens (tertiary/aromatic N) is 4. The SMILES string of the molecule is CCC(=O)N1CCN(C(=O)Cc2noc(-c3ccccc3C)n2)C[C@@H]1C. The summed E-state index contributed by atoms with van der Waals surface area (Å²) >= 11 is 0. The van der Waals surface area contributed by atoms with Crippen LogP contribution in [0.15, 0.2) is 28.8 Å². The highest BCUT2D eigenvalue weighted by atomic mass is 16.5. The summed E-state index contributed by atoms with van der Waals surface area (Å²) < 4.78 is 5.32. The van der Waals surface area contributed by atoms with Crippen molar-refractivity contribution in [1.29, 1.82) is 0 Å². The lowest BCUT2D eigenvalue weighted by molar-refractivity contribution is -0.142. The van der Waals surface area contributed by atoms with Crippen molar-refractivity contribution in [3.8, 4) is 11.5 Å². The number of hydrogen-bond donors (Lipinski definition) is 0. The Kier molecular flexibility index (Phi) is 5.35. The Morgan fingerprint density at radius 2 is 2.00 bits per heavy atom. The molecule has 3 rings (SSSR count). The fourth-order valence-corrected chi connectivity index (χ4v) is 3.25. The summed E-state index contributed by atoms with van der Waals surface area (Å²) in [6, 6.07) is 7.77. The Morgan fingerprint density at radius 1 is 1.23 bits per heavy atom. The van der Waals surface area contributed by atoms with Gasteiger partial charge >= 0.3 is 0 Å². The second kappa shape index (κ2) is 7.68. The minimum Gasteiger partial charge on any atom is -0.338 e. The molecule has 0 spiro atoms. The zero-order valence-electron chi connectivity index (χ0n) is 15.4. The lowest BCUT2D eigenvalue weighted by Crippen LogP contribution is -2.55. The van der Waals surface area contributed by atoms with E-state index in [0.29, 0.717) is 37.8 Å². The molecule has 0 radical (unpaired) electrons. The number of carbonyl (C=O) groups excluding carboxylic acids is 2. The van der Waals surface area contributed by atoms with Crippen LogP contribution in [0.1, 0.15) is 31.7 Å². The van der Waals surface area contributed by atoms with E-state index in [9.17, 15) is 9.59 Å². The topological polar surface area (TPSA) is 79.5 Å². The zero-order chi connectivity index (χ0) is 18.7. The van der Waals surface area contributed by atoms with Crippen molar-refractivity contribution in [2.75, 3.05) is 19.6 Å². The van der Waals surface area contributed by atoms with Crippen molar-refractivity contribution in [1.82, 2.24) is 19.9 Å². The molecule has 1 atom stereocenters. The molecular weight excluding hydrogens is 332 g/mol. The molecule has 7 heteroatoms. The van der Waals surface area contributed by atoms with Gasteiger partial charge < -0.3 is 14.3 Å². The van der Waals surface area contributed by atoms with E-state index < -0.39 is 0 Å². The average molecular weight is 356 g/mol. The van der Waals surface area contributed by atoms with E-state index >= 15 is 0 Å². The molecule has 2 amide bonds. The highest BCUT2D eigenvalue weighted by Gasteiger charge is 2.29. The Bertz CT molecular complexity index is 802. The van der Waals surface area contributed by atoms with Crippen molar-refractivity contribution >= 4 is 11.8 Å². The van der Waals surface area contributed by atoms with Gasteiger partial charge in [-0.05, 0) is 25.5 Å². The summed E-state index contributed by atoms with van der Waals surface area (Å²) in [4.78, 5) is 32.4. The molecule has 0 saturated carbocycles. The Balaban J connectivity index is 1.63. The number of benzene rings is 1. The average Bonchev–Trinajstić information content (AvgIpc) is 3.09. The molecule has 1 aromatic heterocycles. The quantitative estimate of drug-likeness (QED) is 0.838. The van der Waals surface area contributed by atoms with Crippen LogP contribution in [-0.4, -0.2) is 57.4 Å². The second-order valence-corrected chi connectivity index (χ2v) is 6.64. The van der Waals surface area contributed by atoms with E-state index in [1.807, 2.05) is 49.9 Å². The number of piperazine rings is 1. The molecule has 1 aliphatic heterocycles. The van der Waals surface area contributed by atoms with Gasteiger partial charge in [0.25, 0.3) is 5.89 Å². The number of amides is 2. The Morgan fingerprint density at radius 3 is 2.69 bits per heavy atom. The number of rotatable bonds is 4. The lowest BCUT2D eigenvalue weighted by Gasteiger charge is -2.39. The van der Waals surface area contributed by atoms with Crippen LogP contribution in [0, 0.1) is 6.92 Å². The van der Waals surface area contributed by atoms with Crippen LogP contribution in [0.2, 0.25) is 0 Å². The molecule has 0 bridgehead atoms. The normalized spacial score (nSPS) is 17.4. The van der Waals surface area contributed by atoms with Gasteiger partial charge in [-0.2, -0.15) is 4.98 Å². The largest absolute Gasteiger partial charge is 0.338 e. The van der Waals surface area contributed by atoms with Gasteiger partial charge in [-0.25, -0.2) is 0 Å². The second-order valence-electron chi connectivity index (χ2n) is 6.64. The van der Waals surface area contributed by atoms with Crippen LogP contribution >= 0.6 is 0 Å². The first-order chi connectivity index (χ1) is 12.5. The first kappa shape index (κ1) is 18.1. The van der Waals surface area contributed by atoms with Gasteiger partial charge in [-0.3, -0.25) is 9.59 Å². The van der Waals surface area contributed by atoms with E-state index in [-0.39, 0.29) is 24.3 Å². The molecule has 1 fully saturated rings. The molecule has 2 aromatic rings. The van der Waals surface area contributed by atoms with E-state index in [2.05, 4.69) is 10.1 Å². The third kappa shape index (κ3) is 3.76. The van der Waals surface area contributed by atoms with E-state index in [0.717, 1.165) is 11.1 Å². The van der Waals surface area contributed by atoms with Crippen LogP contribution in [0.25, 0.3) is 11.5 Å². The molecule has 0 N–H and O–H groups in total. The van der Waals surface area contributed by atoms with Crippen molar-refractivity contribution in [3.63, 3.8) is 0 Å². The molecule has 7 nitrogen and oxygen atoms in total. The minimum absolute atomic E-state index is 0.0212. The van der Waals surface area contributed by atoms with Crippen LogP contribution in [0.5, 0.6) is 0 Å². The predicted octanol–water partition coefficient (Wildman–Crippen LogP) is 2.06. The van der Waals surface area contributed by atoms with Gasteiger partial charge in [0.15, 0.2) is 5.82 Å². The van der Waals surface area contributed by atoms with E-state index in [1.54, 1.807) is 4.90 Å². The van der Waals surface area contributed by atoms with Gasteiger partial charge in [-0.1, -0.05) is 30.3 Å². The molecule has 26 heavy (non-hydrogen) atoms. The molecule has 0 unspecified atom stereocenters. The van der Waals surface area contributed by atoms with Crippen molar-refractivity contribution in [2.45, 2.75) is 39.7 Å². The van der Waals surface area contributed by atoms with Crippen molar-refractivity contribution in [3.05, 3.63) is 35.7 Å². The van der Waals surface area contributed by atoms with Gasteiger partial charge in [0, 0.05) is 37.7 Å². The fourth-order valence-electron chi connectivity index (χ4n) is 3.25. The first-order valence-corrected chi connectivity index (χ1v) is 8.95. The molecule has 2 heterocycles. The fraction of sp³-hybridized carbons (Fsp3) is 0.474. The summed E-state index contributed by atoms with van der Waals surface area (Å²) in [5, 5.41) is 3.95. The van der Waals surface area contributed by atoms with Crippen LogP contribution in [0.3, 0.4) is 0 Å². The maximum absolute atomic E-state index is 12.6. The zero-order valence-corrected chi connectivity index (χ0v) is 15.4.